The van der Waals surface area contributed by atoms with Crippen molar-refractivity contribution in [2.45, 2.75) is 6.54 Å². The molecule has 0 aliphatic rings. The Balaban J connectivity index is 2.15. The summed E-state index contributed by atoms with van der Waals surface area (Å²) in [5.74, 6) is -0.0164. The topological polar surface area (TPSA) is 47.8 Å². The smallest absolute Gasteiger partial charge is 0.182 e. The van der Waals surface area contributed by atoms with Gasteiger partial charge >= 0.3 is 0 Å². The number of imidazole rings is 1. The zero-order chi connectivity index (χ0) is 10.7. The summed E-state index contributed by atoms with van der Waals surface area (Å²) in [6, 6.07) is 3.35. The van der Waals surface area contributed by atoms with Gasteiger partial charge in [0.15, 0.2) is 5.78 Å². The minimum Gasteiger partial charge on any atom is -0.314 e. The first-order chi connectivity index (χ1) is 7.27. The van der Waals surface area contributed by atoms with Crippen LogP contribution in [0.4, 0.5) is 0 Å². The molecule has 0 spiro atoms. The highest BCUT2D eigenvalue weighted by atomic mass is 35.5. The molecule has 76 valence electrons. The van der Waals surface area contributed by atoms with E-state index in [1.165, 1.54) is 12.5 Å². The quantitative estimate of drug-likeness (QED) is 0.743. The molecule has 15 heavy (non-hydrogen) atoms. The summed E-state index contributed by atoms with van der Waals surface area (Å²) in [4.78, 5) is 19.4. The molecular formula is C10H8ClN3O. The molecule has 0 fully saturated rings. The number of pyridine rings is 1. The van der Waals surface area contributed by atoms with E-state index in [0.717, 1.165) is 0 Å². The Labute approximate surface area is 91.5 Å². The summed E-state index contributed by atoms with van der Waals surface area (Å²) in [5, 5.41) is 0.456. The van der Waals surface area contributed by atoms with Crippen molar-refractivity contribution in [2.75, 3.05) is 0 Å². The van der Waals surface area contributed by atoms with Crippen molar-refractivity contribution in [3.63, 3.8) is 0 Å². The molecule has 5 heteroatoms. The third-order valence-electron chi connectivity index (χ3n) is 1.98. The molecule has 0 aliphatic carbocycles. The standard InChI is InChI=1S/C10H8ClN3O/c11-10-5-13-7-14(10)6-9(15)8-1-3-12-4-2-8/h1-5,7H,6H2. The summed E-state index contributed by atoms with van der Waals surface area (Å²) < 4.78 is 1.59. The highest BCUT2D eigenvalue weighted by molar-refractivity contribution is 6.29. The molecule has 2 rings (SSSR count). The molecule has 0 amide bonds. The van der Waals surface area contributed by atoms with Gasteiger partial charge in [0.2, 0.25) is 0 Å². The first kappa shape index (κ1) is 9.86. The molecule has 0 radical (unpaired) electrons. The number of halogens is 1. The second-order valence-electron chi connectivity index (χ2n) is 3.00. The molecule has 2 aromatic heterocycles. The van der Waals surface area contributed by atoms with Gasteiger partial charge in [-0.15, -0.1) is 0 Å². The molecule has 2 heterocycles. The van der Waals surface area contributed by atoms with Gasteiger partial charge in [-0.25, -0.2) is 4.98 Å². The predicted octanol–water partition coefficient (Wildman–Crippen LogP) is 1.81. The summed E-state index contributed by atoms with van der Waals surface area (Å²) in [6.45, 7) is 0.197. The van der Waals surface area contributed by atoms with Crippen LogP contribution in [0.5, 0.6) is 0 Å². The Hall–Kier alpha value is -1.68. The van der Waals surface area contributed by atoms with Crippen molar-refractivity contribution in [3.05, 3.63) is 47.8 Å². The summed E-state index contributed by atoms with van der Waals surface area (Å²) in [6.07, 6.45) is 6.20. The molecule has 0 bridgehead atoms. The molecule has 0 aromatic carbocycles. The Kier molecular flexibility index (Phi) is 2.78. The summed E-state index contributed by atoms with van der Waals surface area (Å²) in [5.41, 5.74) is 0.620. The molecular weight excluding hydrogens is 214 g/mol. The van der Waals surface area contributed by atoms with Gasteiger partial charge in [0, 0.05) is 18.0 Å². The van der Waals surface area contributed by atoms with E-state index < -0.39 is 0 Å². The number of Topliss-reactive ketones (excluding diaryl/α,β-unsaturated/α-hetero) is 1. The lowest BCUT2D eigenvalue weighted by atomic mass is 10.2. The van der Waals surface area contributed by atoms with Gasteiger partial charge in [-0.2, -0.15) is 0 Å². The van der Waals surface area contributed by atoms with E-state index in [4.69, 9.17) is 11.6 Å². The minimum atomic E-state index is -0.0164. The zero-order valence-electron chi connectivity index (χ0n) is 7.80. The Morgan fingerprint density at radius 1 is 1.33 bits per heavy atom. The van der Waals surface area contributed by atoms with E-state index in [2.05, 4.69) is 9.97 Å². The van der Waals surface area contributed by atoms with Crippen LogP contribution in [0.1, 0.15) is 10.4 Å². The zero-order valence-corrected chi connectivity index (χ0v) is 8.55. The second-order valence-corrected chi connectivity index (χ2v) is 3.39. The number of aromatic nitrogens is 3. The van der Waals surface area contributed by atoms with Crippen LogP contribution in [0.3, 0.4) is 0 Å². The van der Waals surface area contributed by atoms with Crippen LogP contribution in [0, 0.1) is 0 Å². The molecule has 0 aliphatic heterocycles. The average molecular weight is 222 g/mol. The maximum atomic E-state index is 11.7. The molecule has 0 saturated heterocycles. The molecule has 0 atom stereocenters. The van der Waals surface area contributed by atoms with Crippen LogP contribution in [-0.4, -0.2) is 20.3 Å². The lowest BCUT2D eigenvalue weighted by Gasteiger charge is -2.02. The van der Waals surface area contributed by atoms with Gasteiger partial charge in [-0.3, -0.25) is 9.78 Å². The first-order valence-corrected chi connectivity index (χ1v) is 4.74. The molecule has 0 N–H and O–H groups in total. The van der Waals surface area contributed by atoms with E-state index in [0.29, 0.717) is 10.7 Å². The van der Waals surface area contributed by atoms with Gasteiger partial charge in [-0.1, -0.05) is 11.6 Å². The number of rotatable bonds is 3. The van der Waals surface area contributed by atoms with Crippen molar-refractivity contribution in [1.29, 1.82) is 0 Å². The van der Waals surface area contributed by atoms with Crippen LogP contribution < -0.4 is 0 Å². The van der Waals surface area contributed by atoms with Crippen molar-refractivity contribution >= 4 is 17.4 Å². The summed E-state index contributed by atoms with van der Waals surface area (Å²) in [7, 11) is 0. The normalized spacial score (nSPS) is 10.2. The van der Waals surface area contributed by atoms with Gasteiger partial charge < -0.3 is 4.57 Å². The van der Waals surface area contributed by atoms with Crippen molar-refractivity contribution in [2.24, 2.45) is 0 Å². The minimum absolute atomic E-state index is 0.0164. The highest BCUT2D eigenvalue weighted by Gasteiger charge is 2.07. The third kappa shape index (κ3) is 2.22. The van der Waals surface area contributed by atoms with Crippen LogP contribution in [0.2, 0.25) is 5.15 Å². The molecule has 0 unspecified atom stereocenters. The van der Waals surface area contributed by atoms with Crippen molar-refractivity contribution < 1.29 is 4.79 Å². The fourth-order valence-corrected chi connectivity index (χ4v) is 1.36. The number of ketones is 1. The predicted molar refractivity (Wildman–Crippen MR) is 55.8 cm³/mol. The number of hydrogen-bond donors (Lipinski definition) is 0. The fraction of sp³-hybridized carbons (Fsp3) is 0.100. The number of carbonyl (C=O) groups is 1. The fourth-order valence-electron chi connectivity index (χ4n) is 1.20. The van der Waals surface area contributed by atoms with Crippen LogP contribution in [0.25, 0.3) is 0 Å². The molecule has 2 aromatic rings. The van der Waals surface area contributed by atoms with Crippen molar-refractivity contribution in [1.82, 2.24) is 14.5 Å². The largest absolute Gasteiger partial charge is 0.314 e. The van der Waals surface area contributed by atoms with E-state index in [1.807, 2.05) is 0 Å². The van der Waals surface area contributed by atoms with Gasteiger partial charge in [0.05, 0.1) is 19.1 Å². The van der Waals surface area contributed by atoms with Crippen molar-refractivity contribution in [3.8, 4) is 0 Å². The molecule has 0 saturated carbocycles. The van der Waals surface area contributed by atoms with E-state index >= 15 is 0 Å². The maximum Gasteiger partial charge on any atom is 0.182 e. The van der Waals surface area contributed by atoms with E-state index in [1.54, 1.807) is 29.1 Å². The first-order valence-electron chi connectivity index (χ1n) is 4.36. The maximum absolute atomic E-state index is 11.7. The monoisotopic (exact) mass is 221 g/mol. The number of carbonyl (C=O) groups excluding carboxylic acids is 1. The van der Waals surface area contributed by atoms with Gasteiger partial charge in [0.25, 0.3) is 0 Å². The van der Waals surface area contributed by atoms with Gasteiger partial charge in [0.1, 0.15) is 5.15 Å². The van der Waals surface area contributed by atoms with E-state index in [-0.39, 0.29) is 12.3 Å². The SMILES string of the molecule is O=C(Cn1cncc1Cl)c1ccncc1. The Morgan fingerprint density at radius 3 is 2.67 bits per heavy atom. The Bertz CT molecular complexity index is 467. The summed E-state index contributed by atoms with van der Waals surface area (Å²) >= 11 is 5.81. The van der Waals surface area contributed by atoms with Crippen LogP contribution in [0.15, 0.2) is 37.1 Å². The highest BCUT2D eigenvalue weighted by Crippen LogP contribution is 2.08. The second kappa shape index (κ2) is 4.23. The number of nitrogens with zero attached hydrogens (tertiary/aromatic N) is 3. The van der Waals surface area contributed by atoms with Crippen LogP contribution in [-0.2, 0) is 6.54 Å². The van der Waals surface area contributed by atoms with Gasteiger partial charge in [-0.05, 0) is 12.1 Å². The van der Waals surface area contributed by atoms with Crippen LogP contribution >= 0.6 is 11.6 Å². The average Bonchev–Trinajstić information content (AvgIpc) is 2.66. The molecule has 4 nitrogen and oxygen atoms in total. The lowest BCUT2D eigenvalue weighted by molar-refractivity contribution is 0.0972. The third-order valence-corrected chi connectivity index (χ3v) is 2.29. The Morgan fingerprint density at radius 2 is 2.07 bits per heavy atom. The van der Waals surface area contributed by atoms with E-state index in [9.17, 15) is 4.79 Å². The number of hydrogen-bond acceptors (Lipinski definition) is 3. The lowest BCUT2D eigenvalue weighted by Crippen LogP contribution is -2.09.